The summed E-state index contributed by atoms with van der Waals surface area (Å²) in [6.45, 7) is 7.65. The zero-order valence-corrected chi connectivity index (χ0v) is 19.3. The number of amides is 1. The zero-order valence-electron chi connectivity index (χ0n) is 17.6. The summed E-state index contributed by atoms with van der Waals surface area (Å²) in [6.07, 6.45) is 4.29. The van der Waals surface area contributed by atoms with Crippen LogP contribution in [0.15, 0.2) is 46.4 Å². The Bertz CT molecular complexity index is 1230. The number of carbonyl (C=O) groups is 1. The Morgan fingerprint density at radius 2 is 1.90 bits per heavy atom. The molecule has 0 saturated heterocycles. The van der Waals surface area contributed by atoms with Crippen molar-refractivity contribution in [1.29, 1.82) is 0 Å². The molecule has 0 N–H and O–H groups in total. The predicted molar refractivity (Wildman–Crippen MR) is 127 cm³/mol. The molecule has 0 spiro atoms. The number of rotatable bonds is 5. The van der Waals surface area contributed by atoms with Gasteiger partial charge in [-0.1, -0.05) is 48.2 Å². The molecule has 5 nitrogen and oxygen atoms in total. The van der Waals surface area contributed by atoms with Crippen LogP contribution in [0.3, 0.4) is 0 Å². The van der Waals surface area contributed by atoms with E-state index in [4.69, 9.17) is 4.98 Å². The highest BCUT2D eigenvalue weighted by molar-refractivity contribution is 7.99. The number of aromatic nitrogens is 2. The summed E-state index contributed by atoms with van der Waals surface area (Å²) in [7, 11) is 0. The smallest absolute Gasteiger partial charge is 0.263 e. The van der Waals surface area contributed by atoms with Gasteiger partial charge >= 0.3 is 0 Å². The molecule has 0 radical (unpaired) electrons. The Morgan fingerprint density at radius 3 is 2.61 bits per heavy atom. The van der Waals surface area contributed by atoms with Crippen molar-refractivity contribution in [3.63, 3.8) is 0 Å². The Morgan fingerprint density at radius 1 is 1.19 bits per heavy atom. The third kappa shape index (κ3) is 3.85. The lowest BCUT2D eigenvalue weighted by atomic mass is 9.97. The standard InChI is InChI=1S/C24H25N3O2S2/c1-15(2)11-27-23(29)21-18-9-5-6-10-19(18)31-22(21)25-24(27)30-14-20(28)26-12-16-7-3-4-8-17(16)13-26/h3-4,7-8H,1,5-6,9-14H2,2H3. The summed E-state index contributed by atoms with van der Waals surface area (Å²) >= 11 is 3.02. The van der Waals surface area contributed by atoms with E-state index in [2.05, 4.69) is 18.7 Å². The van der Waals surface area contributed by atoms with Crippen LogP contribution < -0.4 is 5.56 Å². The Balaban J connectivity index is 1.43. The first-order valence-corrected chi connectivity index (χ1v) is 12.5. The monoisotopic (exact) mass is 451 g/mol. The highest BCUT2D eigenvalue weighted by Crippen LogP contribution is 2.35. The van der Waals surface area contributed by atoms with Crippen molar-refractivity contribution in [1.82, 2.24) is 14.5 Å². The van der Waals surface area contributed by atoms with E-state index in [-0.39, 0.29) is 17.2 Å². The van der Waals surface area contributed by atoms with E-state index in [0.717, 1.165) is 35.1 Å². The summed E-state index contributed by atoms with van der Waals surface area (Å²) in [6, 6.07) is 8.18. The number of thioether (sulfide) groups is 1. The number of hydrogen-bond acceptors (Lipinski definition) is 5. The van der Waals surface area contributed by atoms with E-state index in [1.54, 1.807) is 15.9 Å². The van der Waals surface area contributed by atoms with Crippen LogP contribution in [0.2, 0.25) is 0 Å². The molecule has 3 heterocycles. The molecule has 0 bridgehead atoms. The molecule has 2 aromatic heterocycles. The van der Waals surface area contributed by atoms with Crippen LogP contribution in [-0.4, -0.2) is 26.1 Å². The van der Waals surface area contributed by atoms with Crippen molar-refractivity contribution >= 4 is 39.2 Å². The number of hydrogen-bond donors (Lipinski definition) is 0. The van der Waals surface area contributed by atoms with Gasteiger partial charge in [-0.05, 0) is 49.3 Å². The number of benzene rings is 1. The largest absolute Gasteiger partial charge is 0.333 e. The Labute approximate surface area is 189 Å². The molecule has 1 amide bonds. The number of aryl methyl sites for hydroxylation is 2. The summed E-state index contributed by atoms with van der Waals surface area (Å²) < 4.78 is 1.71. The van der Waals surface area contributed by atoms with E-state index in [1.807, 2.05) is 24.0 Å². The number of carbonyl (C=O) groups excluding carboxylic acids is 1. The molecule has 0 unspecified atom stereocenters. The van der Waals surface area contributed by atoms with Crippen LogP contribution in [0.25, 0.3) is 10.2 Å². The van der Waals surface area contributed by atoms with Crippen LogP contribution in [0.1, 0.15) is 41.3 Å². The molecule has 0 saturated carbocycles. The lowest BCUT2D eigenvalue weighted by Gasteiger charge is -2.16. The molecule has 160 valence electrons. The molecule has 1 aliphatic heterocycles. The van der Waals surface area contributed by atoms with Crippen LogP contribution >= 0.6 is 23.1 Å². The molecule has 2 aliphatic rings. The average molecular weight is 452 g/mol. The van der Waals surface area contributed by atoms with E-state index in [1.165, 1.54) is 39.8 Å². The highest BCUT2D eigenvalue weighted by Gasteiger charge is 2.25. The fourth-order valence-corrected chi connectivity index (χ4v) is 6.67. The molecule has 0 fully saturated rings. The Kier molecular flexibility index (Phi) is 5.48. The number of fused-ring (bicyclic) bond motifs is 4. The molecular formula is C24H25N3O2S2. The van der Waals surface area contributed by atoms with Crippen molar-refractivity contribution < 1.29 is 4.79 Å². The quantitative estimate of drug-likeness (QED) is 0.324. The van der Waals surface area contributed by atoms with Crippen LogP contribution in [0.4, 0.5) is 0 Å². The maximum absolute atomic E-state index is 13.4. The minimum Gasteiger partial charge on any atom is -0.333 e. The van der Waals surface area contributed by atoms with Gasteiger partial charge in [-0.25, -0.2) is 4.98 Å². The van der Waals surface area contributed by atoms with Gasteiger partial charge in [-0.15, -0.1) is 11.3 Å². The molecule has 3 aromatic rings. The van der Waals surface area contributed by atoms with Gasteiger partial charge in [0.05, 0.1) is 11.1 Å². The molecule has 31 heavy (non-hydrogen) atoms. The first kappa shape index (κ1) is 20.5. The van der Waals surface area contributed by atoms with Gasteiger partial charge in [0.15, 0.2) is 5.16 Å². The lowest BCUT2D eigenvalue weighted by Crippen LogP contribution is -2.28. The normalized spacial score (nSPS) is 15.2. The van der Waals surface area contributed by atoms with Crippen molar-refractivity contribution in [2.24, 2.45) is 0 Å². The third-order valence-corrected chi connectivity index (χ3v) is 8.13. The third-order valence-electron chi connectivity index (χ3n) is 5.99. The summed E-state index contributed by atoms with van der Waals surface area (Å²) in [5.41, 5.74) is 4.53. The topological polar surface area (TPSA) is 55.2 Å². The fraction of sp³-hybridized carbons (Fsp3) is 0.375. The fourth-order valence-electron chi connectivity index (χ4n) is 4.47. The number of thiophene rings is 1. The molecule has 1 aromatic carbocycles. The second kappa shape index (κ2) is 8.28. The maximum atomic E-state index is 13.4. The number of nitrogens with zero attached hydrogens (tertiary/aromatic N) is 3. The minimum atomic E-state index is 0.0101. The molecule has 0 atom stereocenters. The van der Waals surface area contributed by atoms with Crippen molar-refractivity contribution in [2.45, 2.75) is 57.4 Å². The molecule has 7 heteroatoms. The van der Waals surface area contributed by atoms with E-state index in [9.17, 15) is 9.59 Å². The summed E-state index contributed by atoms with van der Waals surface area (Å²) in [5, 5.41) is 1.40. The van der Waals surface area contributed by atoms with E-state index < -0.39 is 0 Å². The second-order valence-corrected chi connectivity index (χ2v) is 10.5. The summed E-state index contributed by atoms with van der Waals surface area (Å²) in [5.74, 6) is 0.343. The molecule has 5 rings (SSSR count). The Hall–Kier alpha value is -2.38. The average Bonchev–Trinajstić information content (AvgIpc) is 3.35. The van der Waals surface area contributed by atoms with Gasteiger partial charge in [-0.2, -0.15) is 0 Å². The predicted octanol–water partition coefficient (Wildman–Crippen LogP) is 4.55. The number of allylic oxidation sites excluding steroid dienone is 1. The SMILES string of the molecule is C=C(C)Cn1c(SCC(=O)N2Cc3ccccc3C2)nc2sc3c(c2c1=O)CCCC3. The van der Waals surface area contributed by atoms with E-state index >= 15 is 0 Å². The van der Waals surface area contributed by atoms with Gasteiger partial charge in [-0.3, -0.25) is 14.2 Å². The van der Waals surface area contributed by atoms with Gasteiger partial charge < -0.3 is 4.90 Å². The first-order valence-electron chi connectivity index (χ1n) is 10.7. The summed E-state index contributed by atoms with van der Waals surface area (Å²) in [4.78, 5) is 35.2. The highest BCUT2D eigenvalue weighted by atomic mass is 32.2. The van der Waals surface area contributed by atoms with Gasteiger partial charge in [0, 0.05) is 24.5 Å². The van der Waals surface area contributed by atoms with Crippen LogP contribution in [0.5, 0.6) is 0 Å². The molecule has 1 aliphatic carbocycles. The lowest BCUT2D eigenvalue weighted by molar-refractivity contribution is -0.128. The molecular weight excluding hydrogens is 426 g/mol. The van der Waals surface area contributed by atoms with Gasteiger partial charge in [0.25, 0.3) is 5.56 Å². The van der Waals surface area contributed by atoms with Crippen LogP contribution in [-0.2, 0) is 37.3 Å². The maximum Gasteiger partial charge on any atom is 0.263 e. The van der Waals surface area contributed by atoms with Gasteiger partial charge in [0.2, 0.25) is 5.91 Å². The van der Waals surface area contributed by atoms with Gasteiger partial charge in [0.1, 0.15) is 4.83 Å². The van der Waals surface area contributed by atoms with E-state index in [0.29, 0.717) is 24.8 Å². The van der Waals surface area contributed by atoms with Crippen LogP contribution in [0, 0.1) is 0 Å². The second-order valence-electron chi connectivity index (χ2n) is 8.44. The first-order chi connectivity index (χ1) is 15.0. The van der Waals surface area contributed by atoms with Crippen molar-refractivity contribution in [3.8, 4) is 0 Å². The minimum absolute atomic E-state index is 0.0101. The zero-order chi connectivity index (χ0) is 21.5. The van der Waals surface area contributed by atoms with Crippen molar-refractivity contribution in [3.05, 3.63) is 68.3 Å². The van der Waals surface area contributed by atoms with Crippen molar-refractivity contribution in [2.75, 3.05) is 5.75 Å².